The number of halogens is 1. The van der Waals surface area contributed by atoms with Crippen molar-refractivity contribution in [2.45, 2.75) is 6.61 Å². The Labute approximate surface area is 121 Å². The van der Waals surface area contributed by atoms with Gasteiger partial charge in [-0.15, -0.1) is 0 Å². The van der Waals surface area contributed by atoms with E-state index in [0.717, 1.165) is 5.56 Å². The van der Waals surface area contributed by atoms with Gasteiger partial charge in [-0.05, 0) is 11.6 Å². The Balaban J connectivity index is 2.32. The minimum absolute atomic E-state index is 0.0229. The van der Waals surface area contributed by atoms with Gasteiger partial charge >= 0.3 is 5.97 Å². The molecule has 0 fully saturated rings. The van der Waals surface area contributed by atoms with Gasteiger partial charge in [-0.3, -0.25) is 0 Å². The predicted molar refractivity (Wildman–Crippen MR) is 75.7 cm³/mol. The van der Waals surface area contributed by atoms with Gasteiger partial charge in [0.1, 0.15) is 12.2 Å². The fourth-order valence-electron chi connectivity index (χ4n) is 1.76. The zero-order valence-corrected chi connectivity index (χ0v) is 11.6. The molecule has 0 amide bonds. The maximum absolute atomic E-state index is 11.3. The molecule has 0 unspecified atom stereocenters. The number of carbonyl (C=O) groups is 1. The molecule has 0 spiro atoms. The Hall–Kier alpha value is -2.20. The van der Waals surface area contributed by atoms with E-state index in [1.165, 1.54) is 19.2 Å². The Kier molecular flexibility index (Phi) is 4.48. The van der Waals surface area contributed by atoms with Crippen molar-refractivity contribution < 1.29 is 19.4 Å². The van der Waals surface area contributed by atoms with Gasteiger partial charge < -0.3 is 14.6 Å². The molecule has 0 heterocycles. The van der Waals surface area contributed by atoms with E-state index >= 15 is 0 Å². The summed E-state index contributed by atoms with van der Waals surface area (Å²) in [6, 6.07) is 12.3. The largest absolute Gasteiger partial charge is 0.493 e. The number of hydrogen-bond acceptors (Lipinski definition) is 3. The third-order valence-corrected chi connectivity index (χ3v) is 2.91. The van der Waals surface area contributed by atoms with Gasteiger partial charge in [-0.25, -0.2) is 4.79 Å². The molecule has 5 heteroatoms. The topological polar surface area (TPSA) is 55.8 Å². The van der Waals surface area contributed by atoms with Crippen LogP contribution in [0.1, 0.15) is 15.9 Å². The van der Waals surface area contributed by atoms with Crippen molar-refractivity contribution in [3.63, 3.8) is 0 Å². The van der Waals surface area contributed by atoms with E-state index in [1.807, 2.05) is 30.3 Å². The minimum atomic E-state index is -1.12. The van der Waals surface area contributed by atoms with E-state index in [1.54, 1.807) is 0 Å². The third kappa shape index (κ3) is 3.22. The highest BCUT2D eigenvalue weighted by Gasteiger charge is 2.18. The first-order valence-electron chi connectivity index (χ1n) is 5.89. The molecule has 0 aliphatic heterocycles. The normalized spacial score (nSPS) is 10.1. The van der Waals surface area contributed by atoms with Crippen LogP contribution in [0.25, 0.3) is 0 Å². The van der Waals surface area contributed by atoms with Crippen LogP contribution in [0.3, 0.4) is 0 Å². The SMILES string of the molecule is COc1cc(Cl)cc(C(=O)O)c1OCc1ccccc1. The average Bonchev–Trinajstić information content (AvgIpc) is 2.46. The Bertz CT molecular complexity index is 611. The number of carboxylic acid groups (broad SMARTS) is 1. The van der Waals surface area contributed by atoms with Crippen LogP contribution in [0.15, 0.2) is 42.5 Å². The highest BCUT2D eigenvalue weighted by molar-refractivity contribution is 6.31. The van der Waals surface area contributed by atoms with Gasteiger partial charge in [0.2, 0.25) is 0 Å². The molecule has 0 saturated carbocycles. The number of methoxy groups -OCH3 is 1. The molecule has 0 bridgehead atoms. The summed E-state index contributed by atoms with van der Waals surface area (Å²) in [6.07, 6.45) is 0. The highest BCUT2D eigenvalue weighted by atomic mass is 35.5. The molecule has 1 N–H and O–H groups in total. The van der Waals surface area contributed by atoms with Gasteiger partial charge in [0.15, 0.2) is 11.5 Å². The van der Waals surface area contributed by atoms with E-state index in [9.17, 15) is 9.90 Å². The van der Waals surface area contributed by atoms with Crippen molar-refractivity contribution in [3.05, 3.63) is 58.6 Å². The summed E-state index contributed by atoms with van der Waals surface area (Å²) in [6.45, 7) is 0.249. The summed E-state index contributed by atoms with van der Waals surface area (Å²) < 4.78 is 10.7. The van der Waals surface area contributed by atoms with E-state index in [4.69, 9.17) is 21.1 Å². The summed E-state index contributed by atoms with van der Waals surface area (Å²) >= 11 is 5.86. The van der Waals surface area contributed by atoms with E-state index < -0.39 is 5.97 Å². The van der Waals surface area contributed by atoms with E-state index in [-0.39, 0.29) is 22.9 Å². The molecule has 104 valence electrons. The van der Waals surface area contributed by atoms with Gasteiger partial charge in [0.25, 0.3) is 0 Å². The number of rotatable bonds is 5. The zero-order valence-electron chi connectivity index (χ0n) is 10.8. The molecule has 0 atom stereocenters. The van der Waals surface area contributed by atoms with Crippen molar-refractivity contribution in [2.24, 2.45) is 0 Å². The second-order valence-electron chi connectivity index (χ2n) is 4.06. The maximum Gasteiger partial charge on any atom is 0.339 e. The first kappa shape index (κ1) is 14.2. The summed E-state index contributed by atoms with van der Waals surface area (Å²) in [7, 11) is 1.44. The fourth-order valence-corrected chi connectivity index (χ4v) is 1.97. The second kappa shape index (κ2) is 6.30. The Morgan fingerprint density at radius 1 is 1.25 bits per heavy atom. The van der Waals surface area contributed by atoms with Crippen LogP contribution < -0.4 is 9.47 Å². The molecule has 4 nitrogen and oxygen atoms in total. The number of carboxylic acids is 1. The van der Waals surface area contributed by atoms with E-state index in [2.05, 4.69) is 0 Å². The monoisotopic (exact) mass is 292 g/mol. The van der Waals surface area contributed by atoms with Crippen LogP contribution in [-0.2, 0) is 6.61 Å². The first-order chi connectivity index (χ1) is 9.61. The molecule has 0 radical (unpaired) electrons. The summed E-state index contributed by atoms with van der Waals surface area (Å²) in [5.74, 6) is -0.645. The first-order valence-corrected chi connectivity index (χ1v) is 6.27. The van der Waals surface area contributed by atoms with Gasteiger partial charge in [0.05, 0.1) is 7.11 Å². The minimum Gasteiger partial charge on any atom is -0.493 e. The molecular formula is C15H13ClO4. The van der Waals surface area contributed by atoms with Crippen molar-refractivity contribution in [3.8, 4) is 11.5 Å². The van der Waals surface area contributed by atoms with Crippen molar-refractivity contribution in [2.75, 3.05) is 7.11 Å². The lowest BCUT2D eigenvalue weighted by Crippen LogP contribution is -2.05. The van der Waals surface area contributed by atoms with Crippen LogP contribution in [0.4, 0.5) is 0 Å². The number of hydrogen-bond donors (Lipinski definition) is 1. The van der Waals surface area contributed by atoms with Crippen LogP contribution in [0.5, 0.6) is 11.5 Å². The number of ether oxygens (including phenoxy) is 2. The number of benzene rings is 2. The molecule has 20 heavy (non-hydrogen) atoms. The van der Waals surface area contributed by atoms with Crippen LogP contribution in [-0.4, -0.2) is 18.2 Å². The lowest BCUT2D eigenvalue weighted by Gasteiger charge is -2.13. The molecule has 2 aromatic rings. The lowest BCUT2D eigenvalue weighted by molar-refractivity contribution is 0.0691. The molecule has 0 aliphatic rings. The Morgan fingerprint density at radius 3 is 2.55 bits per heavy atom. The van der Waals surface area contributed by atoms with Gasteiger partial charge in [0, 0.05) is 11.1 Å². The average molecular weight is 293 g/mol. The van der Waals surface area contributed by atoms with Crippen molar-refractivity contribution in [1.82, 2.24) is 0 Å². The predicted octanol–water partition coefficient (Wildman–Crippen LogP) is 3.63. The Morgan fingerprint density at radius 2 is 1.95 bits per heavy atom. The quantitative estimate of drug-likeness (QED) is 0.914. The lowest BCUT2D eigenvalue weighted by atomic mass is 10.2. The van der Waals surface area contributed by atoms with Crippen molar-refractivity contribution >= 4 is 17.6 Å². The number of aromatic carboxylic acids is 1. The van der Waals surface area contributed by atoms with Crippen LogP contribution in [0, 0.1) is 0 Å². The highest BCUT2D eigenvalue weighted by Crippen LogP contribution is 2.35. The molecule has 0 aliphatic carbocycles. The van der Waals surface area contributed by atoms with E-state index in [0.29, 0.717) is 5.75 Å². The molecule has 2 rings (SSSR count). The summed E-state index contributed by atoms with van der Waals surface area (Å²) in [5.41, 5.74) is 0.908. The van der Waals surface area contributed by atoms with Gasteiger partial charge in [-0.1, -0.05) is 41.9 Å². The molecule has 0 saturated heterocycles. The van der Waals surface area contributed by atoms with Crippen molar-refractivity contribution in [1.29, 1.82) is 0 Å². The van der Waals surface area contributed by atoms with Crippen LogP contribution >= 0.6 is 11.6 Å². The summed E-state index contributed by atoms with van der Waals surface area (Å²) in [5, 5.41) is 9.50. The maximum atomic E-state index is 11.3. The molecule has 0 aromatic heterocycles. The smallest absolute Gasteiger partial charge is 0.339 e. The fraction of sp³-hybridized carbons (Fsp3) is 0.133. The zero-order chi connectivity index (χ0) is 14.5. The summed E-state index contributed by atoms with van der Waals surface area (Å²) in [4.78, 5) is 11.3. The second-order valence-corrected chi connectivity index (χ2v) is 4.50. The standard InChI is InChI=1S/C15H13ClO4/c1-19-13-8-11(16)7-12(15(17)18)14(13)20-9-10-5-3-2-4-6-10/h2-8H,9H2,1H3,(H,17,18). The molecule has 2 aromatic carbocycles. The van der Waals surface area contributed by atoms with Crippen LogP contribution in [0.2, 0.25) is 5.02 Å². The van der Waals surface area contributed by atoms with Gasteiger partial charge in [-0.2, -0.15) is 0 Å². The molecular weight excluding hydrogens is 280 g/mol. The third-order valence-electron chi connectivity index (χ3n) is 2.70.